The molecule has 24 heavy (non-hydrogen) atoms. The summed E-state index contributed by atoms with van der Waals surface area (Å²) in [7, 11) is 5.78. The Balaban J connectivity index is 0.00000288. The van der Waals surface area contributed by atoms with Gasteiger partial charge in [0.05, 0.1) is 12.2 Å². The minimum absolute atomic E-state index is 0. The summed E-state index contributed by atoms with van der Waals surface area (Å²) >= 11 is 1.64. The van der Waals surface area contributed by atoms with E-state index in [2.05, 4.69) is 58.0 Å². The minimum Gasteiger partial charge on any atom is -0.354 e. The Bertz CT molecular complexity index is 681. The zero-order valence-corrected chi connectivity index (χ0v) is 18.0. The van der Waals surface area contributed by atoms with E-state index in [9.17, 15) is 0 Å². The van der Waals surface area contributed by atoms with Crippen molar-refractivity contribution >= 4 is 46.4 Å². The van der Waals surface area contributed by atoms with Crippen molar-refractivity contribution in [3.63, 3.8) is 0 Å². The summed E-state index contributed by atoms with van der Waals surface area (Å²) in [5.74, 6) is 0.782. The van der Waals surface area contributed by atoms with E-state index in [0.29, 0.717) is 6.54 Å². The van der Waals surface area contributed by atoms with Gasteiger partial charge in [-0.05, 0) is 25.0 Å². The quantitative estimate of drug-likeness (QED) is 0.409. The summed E-state index contributed by atoms with van der Waals surface area (Å²) in [6, 6.07) is 6.50. The average molecular weight is 459 g/mol. The van der Waals surface area contributed by atoms with Crippen LogP contribution in [0.4, 0.5) is 5.13 Å². The Morgan fingerprint density at radius 1 is 1.21 bits per heavy atom. The lowest BCUT2D eigenvalue weighted by molar-refractivity contribution is 0.795. The van der Waals surface area contributed by atoms with E-state index < -0.39 is 0 Å². The fourth-order valence-corrected chi connectivity index (χ4v) is 2.96. The molecule has 1 aromatic heterocycles. The number of nitrogens with zero attached hydrogens (tertiary/aromatic N) is 3. The Morgan fingerprint density at radius 2 is 1.92 bits per heavy atom. The first-order chi connectivity index (χ1) is 11.0. The maximum Gasteiger partial charge on any atom is 0.191 e. The van der Waals surface area contributed by atoms with Crippen molar-refractivity contribution < 1.29 is 0 Å². The zero-order valence-electron chi connectivity index (χ0n) is 14.9. The maximum absolute atomic E-state index is 4.56. The standard InChI is InChI=1S/C17H25N5S.HI/c1-12-6-7-14(13(2)8-12)9-19-16(18-3)20-10-15-11-23-17(21-15)22(4)5;/h6-8,11H,9-10H2,1-5H3,(H2,18,19,20);1H. The molecule has 0 aliphatic rings. The van der Waals surface area contributed by atoms with E-state index in [1.807, 2.05) is 19.0 Å². The number of hydrogen-bond acceptors (Lipinski definition) is 4. The van der Waals surface area contributed by atoms with Gasteiger partial charge in [0.15, 0.2) is 11.1 Å². The topological polar surface area (TPSA) is 52.6 Å². The number of aliphatic imine (C=N–C) groups is 1. The van der Waals surface area contributed by atoms with Crippen molar-refractivity contribution in [2.24, 2.45) is 4.99 Å². The van der Waals surface area contributed by atoms with E-state index in [0.717, 1.165) is 23.3 Å². The number of nitrogens with one attached hydrogen (secondary N) is 2. The Labute approximate surface area is 165 Å². The van der Waals surface area contributed by atoms with Gasteiger partial charge in [-0.2, -0.15) is 0 Å². The number of rotatable bonds is 5. The van der Waals surface area contributed by atoms with Crippen LogP contribution in [0.5, 0.6) is 0 Å². The molecule has 2 N–H and O–H groups in total. The van der Waals surface area contributed by atoms with Gasteiger partial charge in [0, 0.05) is 33.1 Å². The van der Waals surface area contributed by atoms with Crippen LogP contribution in [0.15, 0.2) is 28.6 Å². The van der Waals surface area contributed by atoms with Gasteiger partial charge in [0.2, 0.25) is 0 Å². The molecule has 0 aliphatic heterocycles. The molecule has 0 saturated carbocycles. The maximum atomic E-state index is 4.56. The summed E-state index contributed by atoms with van der Waals surface area (Å²) in [5, 5.41) is 9.74. The van der Waals surface area contributed by atoms with Crippen LogP contribution in [0.1, 0.15) is 22.4 Å². The SMILES string of the molecule is CN=C(NCc1csc(N(C)C)n1)NCc1ccc(C)cc1C.I. The normalized spacial score (nSPS) is 11.0. The fourth-order valence-electron chi connectivity index (χ4n) is 2.20. The van der Waals surface area contributed by atoms with Crippen LogP contribution in [-0.2, 0) is 13.1 Å². The molecule has 2 aromatic rings. The van der Waals surface area contributed by atoms with Crippen LogP contribution >= 0.6 is 35.3 Å². The molecule has 7 heteroatoms. The molecule has 0 saturated heterocycles. The lowest BCUT2D eigenvalue weighted by Crippen LogP contribution is -2.36. The number of hydrogen-bond donors (Lipinski definition) is 2. The first-order valence-corrected chi connectivity index (χ1v) is 8.50. The third kappa shape index (κ3) is 5.94. The van der Waals surface area contributed by atoms with Gasteiger partial charge >= 0.3 is 0 Å². The molecule has 0 bridgehead atoms. The first kappa shape index (κ1) is 20.7. The highest BCUT2D eigenvalue weighted by Crippen LogP contribution is 2.17. The molecule has 0 unspecified atom stereocenters. The number of benzene rings is 1. The summed E-state index contributed by atoms with van der Waals surface area (Å²) in [6.07, 6.45) is 0. The van der Waals surface area contributed by atoms with Crippen LogP contribution in [0, 0.1) is 13.8 Å². The highest BCUT2D eigenvalue weighted by molar-refractivity contribution is 14.0. The number of anilines is 1. The van der Waals surface area contributed by atoms with Crippen molar-refractivity contribution in [3.8, 4) is 0 Å². The average Bonchev–Trinajstić information content (AvgIpc) is 2.98. The molecule has 0 aliphatic carbocycles. The molecule has 0 spiro atoms. The van der Waals surface area contributed by atoms with Crippen LogP contribution in [0.2, 0.25) is 0 Å². The van der Waals surface area contributed by atoms with Gasteiger partial charge in [-0.15, -0.1) is 35.3 Å². The molecule has 5 nitrogen and oxygen atoms in total. The second-order valence-corrected chi connectivity index (χ2v) is 6.56. The van der Waals surface area contributed by atoms with Gasteiger partial charge in [-0.1, -0.05) is 23.8 Å². The summed E-state index contributed by atoms with van der Waals surface area (Å²) in [6.45, 7) is 5.67. The first-order valence-electron chi connectivity index (χ1n) is 7.62. The molecular formula is C17H26IN5S. The monoisotopic (exact) mass is 459 g/mol. The molecule has 132 valence electrons. The molecular weight excluding hydrogens is 433 g/mol. The third-order valence-electron chi connectivity index (χ3n) is 3.53. The highest BCUT2D eigenvalue weighted by Gasteiger charge is 2.05. The van der Waals surface area contributed by atoms with Crippen molar-refractivity contribution in [3.05, 3.63) is 46.0 Å². The third-order valence-corrected chi connectivity index (χ3v) is 4.58. The molecule has 2 rings (SSSR count). The van der Waals surface area contributed by atoms with E-state index in [1.54, 1.807) is 18.4 Å². The van der Waals surface area contributed by atoms with E-state index in [1.165, 1.54) is 16.7 Å². The zero-order chi connectivity index (χ0) is 16.8. The van der Waals surface area contributed by atoms with Crippen molar-refractivity contribution in [2.75, 3.05) is 26.0 Å². The molecule has 1 aromatic carbocycles. The van der Waals surface area contributed by atoms with Gasteiger partial charge in [-0.25, -0.2) is 4.98 Å². The molecule has 0 fully saturated rings. The Morgan fingerprint density at radius 3 is 2.50 bits per heavy atom. The lowest BCUT2D eigenvalue weighted by atomic mass is 10.1. The predicted molar refractivity (Wildman–Crippen MR) is 115 cm³/mol. The molecule has 1 heterocycles. The van der Waals surface area contributed by atoms with Crippen molar-refractivity contribution in [2.45, 2.75) is 26.9 Å². The van der Waals surface area contributed by atoms with E-state index >= 15 is 0 Å². The number of aryl methyl sites for hydroxylation is 2. The van der Waals surface area contributed by atoms with E-state index in [4.69, 9.17) is 0 Å². The largest absolute Gasteiger partial charge is 0.354 e. The van der Waals surface area contributed by atoms with Crippen LogP contribution in [-0.4, -0.2) is 32.1 Å². The summed E-state index contributed by atoms with van der Waals surface area (Å²) in [5.41, 5.74) is 4.88. The fraction of sp³-hybridized carbons (Fsp3) is 0.412. The summed E-state index contributed by atoms with van der Waals surface area (Å²) < 4.78 is 0. The molecule has 0 radical (unpaired) electrons. The smallest absolute Gasteiger partial charge is 0.191 e. The van der Waals surface area contributed by atoms with Gasteiger partial charge < -0.3 is 15.5 Å². The van der Waals surface area contributed by atoms with Crippen LogP contribution in [0.25, 0.3) is 0 Å². The minimum atomic E-state index is 0. The van der Waals surface area contributed by atoms with Crippen molar-refractivity contribution in [1.29, 1.82) is 0 Å². The van der Waals surface area contributed by atoms with Gasteiger partial charge in [0.1, 0.15) is 0 Å². The highest BCUT2D eigenvalue weighted by atomic mass is 127. The number of halogens is 1. The van der Waals surface area contributed by atoms with Gasteiger partial charge in [-0.3, -0.25) is 4.99 Å². The van der Waals surface area contributed by atoms with Gasteiger partial charge in [0.25, 0.3) is 0 Å². The van der Waals surface area contributed by atoms with E-state index in [-0.39, 0.29) is 24.0 Å². The van der Waals surface area contributed by atoms with Crippen LogP contribution in [0.3, 0.4) is 0 Å². The lowest BCUT2D eigenvalue weighted by Gasteiger charge is -2.13. The number of guanidine groups is 1. The molecule has 0 atom stereocenters. The Hall–Kier alpha value is -1.35. The second-order valence-electron chi connectivity index (χ2n) is 5.73. The molecule has 0 amide bonds. The number of thiazole rings is 1. The summed E-state index contributed by atoms with van der Waals surface area (Å²) in [4.78, 5) is 10.8. The van der Waals surface area contributed by atoms with Crippen molar-refractivity contribution in [1.82, 2.24) is 15.6 Å². The number of aromatic nitrogens is 1. The predicted octanol–water partition coefficient (Wildman–Crippen LogP) is 3.31. The Kier molecular flexibility index (Phi) is 8.47. The second kappa shape index (κ2) is 9.83. The van der Waals surface area contributed by atoms with Crippen LogP contribution < -0.4 is 15.5 Å².